The van der Waals surface area contributed by atoms with E-state index in [2.05, 4.69) is 11.8 Å². The van der Waals surface area contributed by atoms with Crippen molar-refractivity contribution in [2.45, 2.75) is 6.18 Å². The largest absolute Gasteiger partial charge is 0.416 e. The van der Waals surface area contributed by atoms with Crippen LogP contribution in [-0.4, -0.2) is 9.13 Å². The van der Waals surface area contributed by atoms with E-state index in [1.807, 2.05) is 54.6 Å². The Kier molecular flexibility index (Phi) is 5.99. The molecule has 0 spiro atoms. The molecule has 0 unspecified atom stereocenters. The summed E-state index contributed by atoms with van der Waals surface area (Å²) in [7, 11) is 2.79. The molecule has 0 N–H and O–H groups in total. The summed E-state index contributed by atoms with van der Waals surface area (Å²) in [5.74, 6) is 5.85. The van der Waals surface area contributed by atoms with Crippen LogP contribution in [0.4, 0.5) is 13.2 Å². The minimum Gasteiger partial charge on any atom is -0.289 e. The fraction of sp³-hybridized carbons (Fsp3) is 0.111. The van der Waals surface area contributed by atoms with E-state index in [1.165, 1.54) is 30.8 Å². The highest BCUT2D eigenvalue weighted by Gasteiger charge is 2.30. The van der Waals surface area contributed by atoms with Gasteiger partial charge in [-0.2, -0.15) is 13.2 Å². The summed E-state index contributed by atoms with van der Waals surface area (Å²) in [6.07, 6.45) is -4.50. The minimum atomic E-state index is -4.50. The molecule has 0 saturated carbocycles. The average molecular weight is 460 g/mol. The lowest BCUT2D eigenvalue weighted by Gasteiger charge is -2.12. The molecular weight excluding hydrogens is 441 g/mol. The topological polar surface area (TPSA) is 44.0 Å². The number of hydrogen-bond donors (Lipinski definition) is 0. The van der Waals surface area contributed by atoms with Crippen LogP contribution in [0.2, 0.25) is 0 Å². The Morgan fingerprint density at radius 3 is 1.82 bits per heavy atom. The first-order chi connectivity index (χ1) is 16.2. The van der Waals surface area contributed by atoms with Crippen molar-refractivity contribution >= 4 is 0 Å². The van der Waals surface area contributed by atoms with Crippen molar-refractivity contribution in [1.29, 1.82) is 0 Å². The van der Waals surface area contributed by atoms with Gasteiger partial charge in [-0.15, -0.1) is 0 Å². The van der Waals surface area contributed by atoms with Gasteiger partial charge in [0.15, 0.2) is 0 Å². The Hall–Kier alpha value is -4.31. The van der Waals surface area contributed by atoms with Crippen molar-refractivity contribution < 1.29 is 13.2 Å². The van der Waals surface area contributed by atoms with Gasteiger partial charge in [-0.3, -0.25) is 13.9 Å². The van der Waals surface area contributed by atoms with Crippen LogP contribution < -0.4 is 11.2 Å². The first kappa shape index (κ1) is 22.9. The Bertz CT molecular complexity index is 1520. The van der Waals surface area contributed by atoms with Crippen LogP contribution in [0.3, 0.4) is 0 Å². The van der Waals surface area contributed by atoms with Crippen molar-refractivity contribution in [2.24, 2.45) is 14.1 Å². The molecule has 0 radical (unpaired) electrons. The van der Waals surface area contributed by atoms with Crippen LogP contribution >= 0.6 is 0 Å². The molecule has 34 heavy (non-hydrogen) atoms. The summed E-state index contributed by atoms with van der Waals surface area (Å²) < 4.78 is 41.1. The predicted octanol–water partition coefficient (Wildman–Crippen LogP) is 4.84. The third kappa shape index (κ3) is 4.44. The highest BCUT2D eigenvalue weighted by atomic mass is 19.4. The van der Waals surface area contributed by atoms with Crippen LogP contribution in [0.1, 0.15) is 16.8 Å². The van der Waals surface area contributed by atoms with E-state index in [1.54, 1.807) is 0 Å². The summed E-state index contributed by atoms with van der Waals surface area (Å²) in [4.78, 5) is 25.4. The second-order valence-corrected chi connectivity index (χ2v) is 7.70. The highest BCUT2D eigenvalue weighted by molar-refractivity contribution is 5.70. The minimum absolute atomic E-state index is 0.0618. The zero-order valence-corrected chi connectivity index (χ0v) is 18.4. The van der Waals surface area contributed by atoms with Crippen LogP contribution in [0.5, 0.6) is 0 Å². The van der Waals surface area contributed by atoms with E-state index < -0.39 is 23.0 Å². The molecular formula is C27H19F3N2O2. The van der Waals surface area contributed by atoms with Gasteiger partial charge in [-0.25, -0.2) is 4.79 Å². The molecule has 7 heteroatoms. The van der Waals surface area contributed by atoms with Gasteiger partial charge in [0.05, 0.1) is 11.1 Å². The lowest BCUT2D eigenvalue weighted by molar-refractivity contribution is -0.137. The summed E-state index contributed by atoms with van der Waals surface area (Å²) >= 11 is 0. The fourth-order valence-electron chi connectivity index (χ4n) is 3.58. The number of aromatic nitrogens is 2. The summed E-state index contributed by atoms with van der Waals surface area (Å²) in [5.41, 5.74) is 1.11. The van der Waals surface area contributed by atoms with Crippen LogP contribution in [0.25, 0.3) is 22.3 Å². The fourth-order valence-corrected chi connectivity index (χ4v) is 3.58. The average Bonchev–Trinajstić information content (AvgIpc) is 2.84. The van der Waals surface area contributed by atoms with E-state index in [0.717, 1.165) is 27.8 Å². The normalized spacial score (nSPS) is 11.1. The van der Waals surface area contributed by atoms with Gasteiger partial charge in [0, 0.05) is 19.7 Å². The zero-order chi connectivity index (χ0) is 24.5. The second kappa shape index (κ2) is 8.91. The number of benzene rings is 3. The standard InChI is InChI=1S/C27H19F3N2O2/c1-31-23(17-10-18-8-11-20(12-9-18)19-6-4-3-5-7-19)24(25(33)32(2)26(31)34)21-13-15-22(16-14-21)27(28,29)30/h3-9,11-16H,1-2H3. The van der Waals surface area contributed by atoms with Crippen LogP contribution in [-0.2, 0) is 20.3 Å². The molecule has 1 aromatic heterocycles. The second-order valence-electron chi connectivity index (χ2n) is 7.70. The first-order valence-corrected chi connectivity index (χ1v) is 10.3. The third-order valence-electron chi connectivity index (χ3n) is 5.48. The SMILES string of the molecule is Cn1c(C#Cc2ccc(-c3ccccc3)cc2)c(-c2ccc(C(F)(F)F)cc2)c(=O)n(C)c1=O. The molecule has 4 rings (SSSR count). The predicted molar refractivity (Wildman–Crippen MR) is 125 cm³/mol. The molecule has 0 aliphatic carbocycles. The molecule has 0 aliphatic rings. The van der Waals surface area contributed by atoms with Crippen LogP contribution in [0, 0.1) is 11.8 Å². The van der Waals surface area contributed by atoms with Gasteiger partial charge in [0.1, 0.15) is 5.69 Å². The molecule has 1 heterocycles. The number of hydrogen-bond acceptors (Lipinski definition) is 2. The smallest absolute Gasteiger partial charge is 0.289 e. The highest BCUT2D eigenvalue weighted by Crippen LogP contribution is 2.31. The Balaban J connectivity index is 1.80. The van der Waals surface area contributed by atoms with Crippen molar-refractivity contribution in [3.63, 3.8) is 0 Å². The Morgan fingerprint density at radius 1 is 0.676 bits per heavy atom. The zero-order valence-electron chi connectivity index (χ0n) is 18.4. The van der Waals surface area contributed by atoms with E-state index in [-0.39, 0.29) is 16.8 Å². The first-order valence-electron chi connectivity index (χ1n) is 10.3. The van der Waals surface area contributed by atoms with Gasteiger partial charge in [0.2, 0.25) is 0 Å². The molecule has 4 aromatic rings. The van der Waals surface area contributed by atoms with Gasteiger partial charge < -0.3 is 0 Å². The lowest BCUT2D eigenvalue weighted by Crippen LogP contribution is -2.39. The lowest BCUT2D eigenvalue weighted by atomic mass is 10.0. The van der Waals surface area contributed by atoms with E-state index >= 15 is 0 Å². The molecule has 0 fully saturated rings. The van der Waals surface area contributed by atoms with Gasteiger partial charge in [-0.1, -0.05) is 60.5 Å². The number of alkyl halides is 3. The van der Waals surface area contributed by atoms with E-state index in [0.29, 0.717) is 5.56 Å². The molecule has 0 saturated heterocycles. The van der Waals surface area contributed by atoms with Crippen molar-refractivity contribution in [2.75, 3.05) is 0 Å². The van der Waals surface area contributed by atoms with Gasteiger partial charge in [0.25, 0.3) is 5.56 Å². The van der Waals surface area contributed by atoms with E-state index in [9.17, 15) is 22.8 Å². The molecule has 4 nitrogen and oxygen atoms in total. The number of rotatable bonds is 2. The van der Waals surface area contributed by atoms with Crippen molar-refractivity contribution in [1.82, 2.24) is 9.13 Å². The van der Waals surface area contributed by atoms with E-state index in [4.69, 9.17) is 0 Å². The molecule has 0 atom stereocenters. The van der Waals surface area contributed by atoms with Gasteiger partial charge in [-0.05, 0) is 46.9 Å². The van der Waals surface area contributed by atoms with Gasteiger partial charge >= 0.3 is 11.9 Å². The summed E-state index contributed by atoms with van der Waals surface area (Å²) in [6, 6.07) is 21.5. The maximum Gasteiger partial charge on any atom is 0.416 e. The monoisotopic (exact) mass is 460 g/mol. The van der Waals surface area contributed by atoms with Crippen molar-refractivity contribution in [3.8, 4) is 34.1 Å². The molecule has 0 aliphatic heterocycles. The Labute approximate surface area is 193 Å². The molecule has 0 bridgehead atoms. The Morgan fingerprint density at radius 2 is 1.24 bits per heavy atom. The summed E-state index contributed by atoms with van der Waals surface area (Å²) in [5, 5.41) is 0. The molecule has 3 aromatic carbocycles. The van der Waals surface area contributed by atoms with Crippen LogP contribution in [0.15, 0.2) is 88.5 Å². The number of nitrogens with zero attached hydrogens (tertiary/aromatic N) is 2. The van der Waals surface area contributed by atoms with Crippen molar-refractivity contribution in [3.05, 3.63) is 117 Å². The third-order valence-corrected chi connectivity index (χ3v) is 5.48. The molecule has 0 amide bonds. The number of halogens is 3. The maximum atomic E-state index is 13.0. The maximum absolute atomic E-state index is 13.0. The quantitative estimate of drug-likeness (QED) is 0.402. The summed E-state index contributed by atoms with van der Waals surface area (Å²) in [6.45, 7) is 0. The molecule has 170 valence electrons.